The van der Waals surface area contributed by atoms with Crippen molar-refractivity contribution >= 4 is 28.9 Å². The van der Waals surface area contributed by atoms with E-state index in [4.69, 9.17) is 17.3 Å². The second kappa shape index (κ2) is 5.71. The highest BCUT2D eigenvalue weighted by Crippen LogP contribution is 2.20. The zero-order valence-electron chi connectivity index (χ0n) is 10.5. The first-order valence-corrected chi connectivity index (χ1v) is 6.19. The number of hydrogen-bond acceptors (Lipinski definition) is 3. The fourth-order valence-corrected chi connectivity index (χ4v) is 1.76. The maximum absolute atomic E-state index is 11.8. The Balaban J connectivity index is 2.01. The molecule has 0 fully saturated rings. The van der Waals surface area contributed by atoms with E-state index in [0.29, 0.717) is 22.1 Å². The highest BCUT2D eigenvalue weighted by atomic mass is 35.5. The SMILES string of the molecule is Cc1ccc(NC(=O)Cc2ccc(N)cn2)cc1Cl. The van der Waals surface area contributed by atoms with Crippen molar-refractivity contribution in [2.24, 2.45) is 0 Å². The van der Waals surface area contributed by atoms with Gasteiger partial charge in [-0.2, -0.15) is 0 Å². The van der Waals surface area contributed by atoms with Crippen molar-refractivity contribution in [1.82, 2.24) is 4.98 Å². The van der Waals surface area contributed by atoms with Crippen molar-refractivity contribution in [2.45, 2.75) is 13.3 Å². The van der Waals surface area contributed by atoms with Crippen LogP contribution >= 0.6 is 11.6 Å². The van der Waals surface area contributed by atoms with Gasteiger partial charge < -0.3 is 11.1 Å². The first kappa shape index (κ1) is 13.4. The standard InChI is InChI=1S/C14H14ClN3O/c1-9-2-4-12(6-13(9)15)18-14(19)7-11-5-3-10(16)8-17-11/h2-6,8H,7,16H2,1H3,(H,18,19). The normalized spacial score (nSPS) is 10.2. The number of halogens is 1. The van der Waals surface area contributed by atoms with Crippen molar-refractivity contribution in [2.75, 3.05) is 11.1 Å². The molecule has 0 saturated heterocycles. The lowest BCUT2D eigenvalue weighted by molar-refractivity contribution is -0.115. The van der Waals surface area contributed by atoms with Crippen LogP contribution in [0.5, 0.6) is 0 Å². The van der Waals surface area contributed by atoms with E-state index in [-0.39, 0.29) is 12.3 Å². The van der Waals surface area contributed by atoms with Crippen molar-refractivity contribution in [1.29, 1.82) is 0 Å². The van der Waals surface area contributed by atoms with Crippen LogP contribution in [0.4, 0.5) is 11.4 Å². The van der Waals surface area contributed by atoms with Crippen LogP contribution in [0.15, 0.2) is 36.5 Å². The zero-order valence-corrected chi connectivity index (χ0v) is 11.2. The summed E-state index contributed by atoms with van der Waals surface area (Å²) < 4.78 is 0. The third-order valence-corrected chi connectivity index (χ3v) is 3.05. The van der Waals surface area contributed by atoms with Gasteiger partial charge in [-0.3, -0.25) is 9.78 Å². The Morgan fingerprint density at radius 1 is 1.37 bits per heavy atom. The average Bonchev–Trinajstić information content (AvgIpc) is 2.37. The lowest BCUT2D eigenvalue weighted by atomic mass is 10.2. The maximum atomic E-state index is 11.8. The molecule has 2 aromatic rings. The molecule has 1 aromatic carbocycles. The summed E-state index contributed by atoms with van der Waals surface area (Å²) >= 11 is 6.00. The quantitative estimate of drug-likeness (QED) is 0.905. The van der Waals surface area contributed by atoms with E-state index < -0.39 is 0 Å². The molecule has 0 aliphatic heterocycles. The van der Waals surface area contributed by atoms with Gasteiger partial charge in [-0.15, -0.1) is 0 Å². The maximum Gasteiger partial charge on any atom is 0.230 e. The molecule has 0 aliphatic carbocycles. The van der Waals surface area contributed by atoms with E-state index in [1.165, 1.54) is 6.20 Å². The fourth-order valence-electron chi connectivity index (χ4n) is 1.58. The predicted molar refractivity (Wildman–Crippen MR) is 77.2 cm³/mol. The summed E-state index contributed by atoms with van der Waals surface area (Å²) in [6.07, 6.45) is 1.73. The van der Waals surface area contributed by atoms with E-state index in [9.17, 15) is 4.79 Å². The van der Waals surface area contributed by atoms with Crippen molar-refractivity contribution in [3.63, 3.8) is 0 Å². The molecule has 0 aliphatic rings. The van der Waals surface area contributed by atoms with Gasteiger partial charge in [0.15, 0.2) is 0 Å². The van der Waals surface area contributed by atoms with Crippen LogP contribution < -0.4 is 11.1 Å². The lowest BCUT2D eigenvalue weighted by Gasteiger charge is -2.06. The Bertz CT molecular complexity index is 596. The number of aromatic nitrogens is 1. The number of hydrogen-bond donors (Lipinski definition) is 2. The van der Waals surface area contributed by atoms with E-state index in [0.717, 1.165) is 5.56 Å². The van der Waals surface area contributed by atoms with Crippen LogP contribution in [0.25, 0.3) is 0 Å². The lowest BCUT2D eigenvalue weighted by Crippen LogP contribution is -2.15. The third kappa shape index (κ3) is 3.69. The highest BCUT2D eigenvalue weighted by Gasteiger charge is 2.06. The number of pyridine rings is 1. The second-order valence-corrected chi connectivity index (χ2v) is 4.68. The Hall–Kier alpha value is -2.07. The molecule has 0 atom stereocenters. The third-order valence-electron chi connectivity index (χ3n) is 2.64. The van der Waals surface area contributed by atoms with Crippen LogP contribution in [0.3, 0.4) is 0 Å². The smallest absolute Gasteiger partial charge is 0.230 e. The van der Waals surface area contributed by atoms with Gasteiger partial charge in [-0.05, 0) is 36.8 Å². The molecular formula is C14H14ClN3O. The molecule has 98 valence electrons. The fraction of sp³-hybridized carbons (Fsp3) is 0.143. The number of anilines is 2. The van der Waals surface area contributed by atoms with Crippen LogP contribution in [0.2, 0.25) is 5.02 Å². The minimum atomic E-state index is -0.141. The molecule has 0 saturated carbocycles. The van der Waals surface area contributed by atoms with Gasteiger partial charge in [0.05, 0.1) is 18.3 Å². The Morgan fingerprint density at radius 2 is 2.16 bits per heavy atom. The Morgan fingerprint density at radius 3 is 2.79 bits per heavy atom. The number of aryl methyl sites for hydroxylation is 1. The summed E-state index contributed by atoms with van der Waals surface area (Å²) in [6, 6.07) is 8.86. The van der Waals surface area contributed by atoms with Crippen molar-refractivity contribution in [3.8, 4) is 0 Å². The van der Waals surface area contributed by atoms with Gasteiger partial charge in [0, 0.05) is 16.4 Å². The van der Waals surface area contributed by atoms with Gasteiger partial charge in [0.25, 0.3) is 0 Å². The molecule has 0 radical (unpaired) electrons. The highest BCUT2D eigenvalue weighted by molar-refractivity contribution is 6.31. The number of benzene rings is 1. The summed E-state index contributed by atoms with van der Waals surface area (Å²) in [7, 11) is 0. The molecule has 19 heavy (non-hydrogen) atoms. The number of nitrogens with one attached hydrogen (secondary N) is 1. The minimum absolute atomic E-state index is 0.141. The molecule has 0 spiro atoms. The van der Waals surface area contributed by atoms with E-state index in [1.807, 2.05) is 19.1 Å². The molecule has 1 aromatic heterocycles. The number of nitrogens with zero attached hydrogens (tertiary/aromatic N) is 1. The summed E-state index contributed by atoms with van der Waals surface area (Å²) in [5, 5.41) is 3.41. The molecule has 4 nitrogen and oxygen atoms in total. The predicted octanol–water partition coefficient (Wildman–Crippen LogP) is 2.81. The molecule has 5 heteroatoms. The Labute approximate surface area is 116 Å². The topological polar surface area (TPSA) is 68.0 Å². The molecule has 1 heterocycles. The summed E-state index contributed by atoms with van der Waals surface area (Å²) in [5.41, 5.74) is 8.43. The molecule has 2 rings (SSSR count). The van der Waals surface area contributed by atoms with Gasteiger partial charge in [-0.1, -0.05) is 17.7 Å². The molecule has 0 bridgehead atoms. The van der Waals surface area contributed by atoms with Crippen LogP contribution in [0, 0.1) is 6.92 Å². The number of rotatable bonds is 3. The molecular weight excluding hydrogens is 262 g/mol. The summed E-state index contributed by atoms with van der Waals surface area (Å²) in [5.74, 6) is -0.141. The van der Waals surface area contributed by atoms with Crippen LogP contribution in [-0.2, 0) is 11.2 Å². The number of nitrogen functional groups attached to an aromatic ring is 1. The average molecular weight is 276 g/mol. The van der Waals surface area contributed by atoms with E-state index in [1.54, 1.807) is 18.2 Å². The van der Waals surface area contributed by atoms with Crippen LogP contribution in [0.1, 0.15) is 11.3 Å². The van der Waals surface area contributed by atoms with Gasteiger partial charge >= 0.3 is 0 Å². The zero-order chi connectivity index (χ0) is 13.8. The summed E-state index contributed by atoms with van der Waals surface area (Å²) in [6.45, 7) is 1.91. The van der Waals surface area contributed by atoms with Gasteiger partial charge in [0.2, 0.25) is 5.91 Å². The van der Waals surface area contributed by atoms with Crippen molar-refractivity contribution in [3.05, 3.63) is 52.8 Å². The van der Waals surface area contributed by atoms with Gasteiger partial charge in [0.1, 0.15) is 0 Å². The first-order valence-electron chi connectivity index (χ1n) is 5.81. The van der Waals surface area contributed by atoms with E-state index in [2.05, 4.69) is 10.3 Å². The number of carbonyl (C=O) groups is 1. The minimum Gasteiger partial charge on any atom is -0.397 e. The van der Waals surface area contributed by atoms with E-state index >= 15 is 0 Å². The number of carbonyl (C=O) groups excluding carboxylic acids is 1. The molecule has 3 N–H and O–H groups in total. The second-order valence-electron chi connectivity index (χ2n) is 4.27. The Kier molecular flexibility index (Phi) is 4.02. The van der Waals surface area contributed by atoms with Gasteiger partial charge in [-0.25, -0.2) is 0 Å². The van der Waals surface area contributed by atoms with Crippen LogP contribution in [-0.4, -0.2) is 10.9 Å². The summed E-state index contributed by atoms with van der Waals surface area (Å²) in [4.78, 5) is 15.9. The molecule has 0 unspecified atom stereocenters. The number of amides is 1. The first-order chi connectivity index (χ1) is 9.04. The van der Waals surface area contributed by atoms with Crippen molar-refractivity contribution < 1.29 is 4.79 Å². The number of nitrogens with two attached hydrogens (primary N) is 1. The molecule has 1 amide bonds. The largest absolute Gasteiger partial charge is 0.397 e. The monoisotopic (exact) mass is 275 g/mol.